The Hall–Kier alpha value is -1.63. The maximum absolute atomic E-state index is 10.8. The number of imidazole rings is 1. The SMILES string of the molecule is COc1nc(Br)cn2c(C(=O)O)cnc12. The zero-order chi connectivity index (χ0) is 11.0. The number of ether oxygens (including phenoxy) is 1. The summed E-state index contributed by atoms with van der Waals surface area (Å²) < 4.78 is 6.86. The molecule has 2 aromatic rings. The van der Waals surface area contributed by atoms with Crippen molar-refractivity contribution in [1.29, 1.82) is 0 Å². The van der Waals surface area contributed by atoms with Crippen LogP contribution in [-0.2, 0) is 0 Å². The van der Waals surface area contributed by atoms with Gasteiger partial charge in [0.15, 0.2) is 5.69 Å². The Morgan fingerprint density at radius 3 is 3.00 bits per heavy atom. The number of hydrogen-bond acceptors (Lipinski definition) is 4. The Kier molecular flexibility index (Phi) is 2.31. The maximum Gasteiger partial charge on any atom is 0.354 e. The van der Waals surface area contributed by atoms with E-state index in [9.17, 15) is 4.79 Å². The van der Waals surface area contributed by atoms with Crippen LogP contribution < -0.4 is 4.74 Å². The van der Waals surface area contributed by atoms with Gasteiger partial charge in [0.1, 0.15) is 4.60 Å². The topological polar surface area (TPSA) is 76.7 Å². The molecule has 2 heterocycles. The summed E-state index contributed by atoms with van der Waals surface area (Å²) in [6.45, 7) is 0. The van der Waals surface area contributed by atoms with Crippen LogP contribution in [0.15, 0.2) is 17.0 Å². The summed E-state index contributed by atoms with van der Waals surface area (Å²) in [5, 5.41) is 8.89. The molecule has 2 rings (SSSR count). The van der Waals surface area contributed by atoms with Crippen molar-refractivity contribution in [3.05, 3.63) is 22.7 Å². The van der Waals surface area contributed by atoms with Crippen molar-refractivity contribution in [2.45, 2.75) is 0 Å². The Morgan fingerprint density at radius 2 is 2.40 bits per heavy atom. The minimum absolute atomic E-state index is 0.0615. The second kappa shape index (κ2) is 3.50. The average molecular weight is 272 g/mol. The third kappa shape index (κ3) is 1.54. The van der Waals surface area contributed by atoms with E-state index in [0.717, 1.165) is 0 Å². The summed E-state index contributed by atoms with van der Waals surface area (Å²) in [5.41, 5.74) is 0.435. The highest BCUT2D eigenvalue weighted by atomic mass is 79.9. The molecule has 0 bridgehead atoms. The van der Waals surface area contributed by atoms with E-state index in [1.807, 2.05) is 0 Å². The smallest absolute Gasteiger partial charge is 0.354 e. The van der Waals surface area contributed by atoms with E-state index < -0.39 is 5.97 Å². The number of aromatic nitrogens is 3. The fourth-order valence-corrected chi connectivity index (χ4v) is 1.59. The molecule has 2 aromatic heterocycles. The number of fused-ring (bicyclic) bond motifs is 1. The van der Waals surface area contributed by atoms with Gasteiger partial charge in [-0.15, -0.1) is 0 Å². The van der Waals surface area contributed by atoms with E-state index in [-0.39, 0.29) is 11.6 Å². The van der Waals surface area contributed by atoms with Gasteiger partial charge in [0.25, 0.3) is 5.88 Å². The summed E-state index contributed by atoms with van der Waals surface area (Å²) in [6.07, 6.45) is 2.78. The van der Waals surface area contributed by atoms with Gasteiger partial charge < -0.3 is 9.84 Å². The number of nitrogens with zero attached hydrogens (tertiary/aromatic N) is 3. The molecular formula is C8H6BrN3O3. The minimum atomic E-state index is -1.05. The highest BCUT2D eigenvalue weighted by molar-refractivity contribution is 9.10. The van der Waals surface area contributed by atoms with Crippen LogP contribution in [0.4, 0.5) is 0 Å². The summed E-state index contributed by atoms with van der Waals surface area (Å²) in [7, 11) is 1.45. The lowest BCUT2D eigenvalue weighted by atomic mass is 10.5. The molecule has 15 heavy (non-hydrogen) atoms. The number of halogens is 1. The fourth-order valence-electron chi connectivity index (χ4n) is 1.23. The monoisotopic (exact) mass is 271 g/mol. The van der Waals surface area contributed by atoms with Crippen molar-refractivity contribution in [3.63, 3.8) is 0 Å². The molecule has 0 aliphatic carbocycles. The largest absolute Gasteiger partial charge is 0.478 e. The third-order valence-corrected chi connectivity index (χ3v) is 2.23. The van der Waals surface area contributed by atoms with Crippen molar-refractivity contribution in [2.75, 3.05) is 7.11 Å². The van der Waals surface area contributed by atoms with Crippen molar-refractivity contribution < 1.29 is 14.6 Å². The van der Waals surface area contributed by atoms with Crippen LogP contribution in [0.5, 0.6) is 5.88 Å². The standard InChI is InChI=1S/C8H6BrN3O3/c1-15-7-6-10-2-4(8(13)14)12(6)3-5(9)11-7/h2-3H,1H3,(H,13,14). The van der Waals surface area contributed by atoms with Gasteiger partial charge in [-0.25, -0.2) is 14.8 Å². The van der Waals surface area contributed by atoms with Gasteiger partial charge in [0.2, 0.25) is 5.65 Å². The Balaban J connectivity index is 2.80. The lowest BCUT2D eigenvalue weighted by Gasteiger charge is -2.02. The number of carbonyl (C=O) groups is 1. The predicted octanol–water partition coefficient (Wildman–Crippen LogP) is 1.20. The number of rotatable bonds is 2. The number of hydrogen-bond donors (Lipinski definition) is 1. The molecule has 0 radical (unpaired) electrons. The van der Waals surface area contributed by atoms with Gasteiger partial charge in [-0.2, -0.15) is 0 Å². The Bertz CT molecular complexity index is 537. The zero-order valence-electron chi connectivity index (χ0n) is 7.64. The first-order chi connectivity index (χ1) is 7.13. The highest BCUT2D eigenvalue weighted by Crippen LogP contribution is 2.20. The number of carboxylic acids is 1. The van der Waals surface area contributed by atoms with Gasteiger partial charge in [-0.1, -0.05) is 0 Å². The molecule has 0 amide bonds. The van der Waals surface area contributed by atoms with Crippen LogP contribution >= 0.6 is 15.9 Å². The lowest BCUT2D eigenvalue weighted by molar-refractivity contribution is 0.0689. The normalized spacial score (nSPS) is 10.5. The van der Waals surface area contributed by atoms with E-state index in [0.29, 0.717) is 10.3 Å². The van der Waals surface area contributed by atoms with Crippen molar-refractivity contribution >= 4 is 27.5 Å². The van der Waals surface area contributed by atoms with Crippen molar-refractivity contribution in [1.82, 2.24) is 14.4 Å². The number of aromatic carboxylic acids is 1. The van der Waals surface area contributed by atoms with Gasteiger partial charge in [-0.3, -0.25) is 4.40 Å². The van der Waals surface area contributed by atoms with Gasteiger partial charge in [0.05, 0.1) is 13.3 Å². The molecule has 1 N–H and O–H groups in total. The molecule has 0 aromatic carbocycles. The van der Waals surface area contributed by atoms with Crippen LogP contribution in [-0.4, -0.2) is 32.6 Å². The molecule has 6 nitrogen and oxygen atoms in total. The molecule has 7 heteroatoms. The van der Waals surface area contributed by atoms with Crippen molar-refractivity contribution in [2.24, 2.45) is 0 Å². The molecule has 0 saturated heterocycles. The van der Waals surface area contributed by atoms with Crippen LogP contribution in [0, 0.1) is 0 Å². The van der Waals surface area contributed by atoms with Gasteiger partial charge >= 0.3 is 5.97 Å². The van der Waals surface area contributed by atoms with Crippen LogP contribution in [0.25, 0.3) is 5.65 Å². The Labute approximate surface area is 92.7 Å². The lowest BCUT2D eigenvalue weighted by Crippen LogP contribution is -2.03. The molecular weight excluding hydrogens is 266 g/mol. The second-order valence-electron chi connectivity index (χ2n) is 2.72. The first kappa shape index (κ1) is 9.91. The number of carboxylic acid groups (broad SMARTS) is 1. The molecule has 0 fully saturated rings. The summed E-state index contributed by atoms with van der Waals surface area (Å²) in [5.74, 6) is -0.778. The average Bonchev–Trinajstić information content (AvgIpc) is 2.59. The van der Waals surface area contributed by atoms with E-state index in [2.05, 4.69) is 25.9 Å². The number of methoxy groups -OCH3 is 1. The summed E-state index contributed by atoms with van der Waals surface area (Å²) >= 11 is 3.16. The first-order valence-corrected chi connectivity index (χ1v) is 4.73. The molecule has 78 valence electrons. The quantitative estimate of drug-likeness (QED) is 0.888. The maximum atomic E-state index is 10.8. The van der Waals surface area contributed by atoms with Crippen LogP contribution in [0.3, 0.4) is 0 Å². The molecule has 0 unspecified atom stereocenters. The molecule has 0 aliphatic heterocycles. The minimum Gasteiger partial charge on any atom is -0.478 e. The third-order valence-electron chi connectivity index (χ3n) is 1.84. The van der Waals surface area contributed by atoms with Crippen LogP contribution in [0.2, 0.25) is 0 Å². The predicted molar refractivity (Wildman–Crippen MR) is 54.2 cm³/mol. The van der Waals surface area contributed by atoms with E-state index in [4.69, 9.17) is 9.84 Å². The van der Waals surface area contributed by atoms with Crippen molar-refractivity contribution in [3.8, 4) is 5.88 Å². The highest BCUT2D eigenvalue weighted by Gasteiger charge is 2.14. The summed E-state index contributed by atoms with van der Waals surface area (Å²) in [6, 6.07) is 0. The molecule has 0 aliphatic rings. The van der Waals surface area contributed by atoms with E-state index in [1.165, 1.54) is 23.9 Å². The second-order valence-corrected chi connectivity index (χ2v) is 3.53. The molecule has 0 spiro atoms. The molecule has 0 saturated carbocycles. The fraction of sp³-hybridized carbons (Fsp3) is 0.125. The van der Waals surface area contributed by atoms with E-state index in [1.54, 1.807) is 0 Å². The Morgan fingerprint density at radius 1 is 1.67 bits per heavy atom. The first-order valence-electron chi connectivity index (χ1n) is 3.94. The summed E-state index contributed by atoms with van der Waals surface area (Å²) in [4.78, 5) is 18.8. The van der Waals surface area contributed by atoms with Gasteiger partial charge in [-0.05, 0) is 15.9 Å². The van der Waals surface area contributed by atoms with Crippen LogP contribution in [0.1, 0.15) is 10.5 Å². The molecule has 0 atom stereocenters. The van der Waals surface area contributed by atoms with E-state index >= 15 is 0 Å². The van der Waals surface area contributed by atoms with Gasteiger partial charge in [0, 0.05) is 6.20 Å². The zero-order valence-corrected chi connectivity index (χ0v) is 9.22.